The Kier molecular flexibility index (Phi) is 23.4. The van der Waals surface area contributed by atoms with Gasteiger partial charge in [0, 0.05) is 25.7 Å². The van der Waals surface area contributed by atoms with Crippen LogP contribution in [0.4, 0.5) is 0 Å². The van der Waals surface area contributed by atoms with Gasteiger partial charge in [0.25, 0.3) is 0 Å². The van der Waals surface area contributed by atoms with E-state index < -0.39 is 8.80 Å². The van der Waals surface area contributed by atoms with E-state index in [1.165, 1.54) is 51.4 Å². The minimum Gasteiger partial charge on any atom is -0.374 e. The van der Waals surface area contributed by atoms with Crippen LogP contribution in [0.5, 0.6) is 0 Å². The first-order valence-corrected chi connectivity index (χ1v) is 16.1. The first-order chi connectivity index (χ1) is 15.6. The van der Waals surface area contributed by atoms with Gasteiger partial charge in [-0.15, -0.1) is 0 Å². The van der Waals surface area contributed by atoms with Crippen LogP contribution in [-0.4, -0.2) is 83.4 Å². The van der Waals surface area contributed by atoms with E-state index in [1.54, 1.807) is 0 Å². The molecular formula is C25H56N2O3SSi. The van der Waals surface area contributed by atoms with Crippen LogP contribution in [0.3, 0.4) is 0 Å². The topological polar surface area (TPSA) is 34.2 Å². The van der Waals surface area contributed by atoms with Crippen molar-refractivity contribution in [1.82, 2.24) is 9.80 Å². The summed E-state index contributed by atoms with van der Waals surface area (Å²) < 4.78 is 19.3. The van der Waals surface area contributed by atoms with E-state index in [1.807, 2.05) is 0 Å². The SMILES string of the molecule is CCCCN(CCCC)CCO[Si](CCCS)(OCC)OCCN(CCCC)CCCC. The van der Waals surface area contributed by atoms with Crippen molar-refractivity contribution in [2.24, 2.45) is 0 Å². The van der Waals surface area contributed by atoms with Crippen LogP contribution in [0.25, 0.3) is 0 Å². The van der Waals surface area contributed by atoms with E-state index >= 15 is 0 Å². The summed E-state index contributed by atoms with van der Waals surface area (Å²) >= 11 is 4.44. The highest BCUT2D eigenvalue weighted by molar-refractivity contribution is 7.80. The Morgan fingerprint density at radius 1 is 0.562 bits per heavy atom. The Balaban J connectivity index is 4.90. The second-order valence-electron chi connectivity index (χ2n) is 8.74. The third-order valence-electron chi connectivity index (χ3n) is 5.78. The van der Waals surface area contributed by atoms with E-state index in [2.05, 4.69) is 57.0 Å². The zero-order valence-electron chi connectivity index (χ0n) is 22.2. The molecule has 0 radical (unpaired) electrons. The van der Waals surface area contributed by atoms with Crippen molar-refractivity contribution < 1.29 is 13.3 Å². The molecule has 32 heavy (non-hydrogen) atoms. The van der Waals surface area contributed by atoms with Gasteiger partial charge in [0.1, 0.15) is 0 Å². The summed E-state index contributed by atoms with van der Waals surface area (Å²) in [6.07, 6.45) is 10.9. The van der Waals surface area contributed by atoms with Crippen molar-refractivity contribution >= 4 is 21.4 Å². The molecule has 0 aliphatic rings. The lowest BCUT2D eigenvalue weighted by atomic mass is 10.2. The van der Waals surface area contributed by atoms with E-state index in [0.717, 1.165) is 57.5 Å². The third kappa shape index (κ3) is 16.9. The molecule has 0 aliphatic carbocycles. The van der Waals surface area contributed by atoms with Crippen molar-refractivity contribution in [3.05, 3.63) is 0 Å². The van der Waals surface area contributed by atoms with Gasteiger partial charge in [-0.1, -0.05) is 53.4 Å². The van der Waals surface area contributed by atoms with E-state index in [9.17, 15) is 0 Å². The van der Waals surface area contributed by atoms with Gasteiger partial charge in [-0.25, -0.2) is 0 Å². The number of hydrogen-bond donors (Lipinski definition) is 1. The van der Waals surface area contributed by atoms with Crippen molar-refractivity contribution in [1.29, 1.82) is 0 Å². The lowest BCUT2D eigenvalue weighted by molar-refractivity contribution is 0.0472. The average molecular weight is 493 g/mol. The first kappa shape index (κ1) is 32.4. The fourth-order valence-electron chi connectivity index (χ4n) is 3.72. The normalized spacial score (nSPS) is 12.4. The molecule has 0 aliphatic heterocycles. The first-order valence-electron chi connectivity index (χ1n) is 13.6. The number of nitrogens with zero attached hydrogens (tertiary/aromatic N) is 2. The molecular weight excluding hydrogens is 436 g/mol. The quantitative estimate of drug-likeness (QED) is 0.123. The van der Waals surface area contributed by atoms with E-state index in [-0.39, 0.29) is 0 Å². The summed E-state index contributed by atoms with van der Waals surface area (Å²) in [4.78, 5) is 5.10. The largest absolute Gasteiger partial charge is 0.501 e. The van der Waals surface area contributed by atoms with Gasteiger partial charge in [0.15, 0.2) is 0 Å². The Labute approximate surface area is 207 Å². The molecule has 0 heterocycles. The van der Waals surface area contributed by atoms with Crippen LogP contribution in [0.2, 0.25) is 6.04 Å². The highest BCUT2D eigenvalue weighted by Gasteiger charge is 2.40. The minimum atomic E-state index is -2.68. The maximum absolute atomic E-state index is 6.51. The van der Waals surface area contributed by atoms with Crippen molar-refractivity contribution in [3.8, 4) is 0 Å². The van der Waals surface area contributed by atoms with Crippen LogP contribution < -0.4 is 0 Å². The lowest BCUT2D eigenvalue weighted by Gasteiger charge is -2.32. The number of rotatable bonds is 25. The molecule has 0 aromatic heterocycles. The van der Waals surface area contributed by atoms with Gasteiger partial charge in [-0.05, 0) is 71.0 Å². The smallest absolute Gasteiger partial charge is 0.374 e. The van der Waals surface area contributed by atoms with Crippen LogP contribution in [0.15, 0.2) is 0 Å². The fourth-order valence-corrected chi connectivity index (χ4v) is 6.71. The Hall–Kier alpha value is 0.367. The highest BCUT2D eigenvalue weighted by atomic mass is 32.1. The summed E-state index contributed by atoms with van der Waals surface area (Å²) in [6.45, 7) is 19.7. The molecule has 0 fully saturated rings. The molecule has 0 aromatic carbocycles. The van der Waals surface area contributed by atoms with Gasteiger partial charge >= 0.3 is 8.80 Å². The molecule has 0 aromatic rings. The maximum Gasteiger partial charge on any atom is 0.501 e. The predicted octanol–water partition coefficient (Wildman–Crippen LogP) is 6.12. The maximum atomic E-state index is 6.51. The Morgan fingerprint density at radius 2 is 0.969 bits per heavy atom. The lowest BCUT2D eigenvalue weighted by Crippen LogP contribution is -2.49. The summed E-state index contributed by atoms with van der Waals surface area (Å²) in [5, 5.41) is 0. The van der Waals surface area contributed by atoms with Gasteiger partial charge in [-0.2, -0.15) is 12.6 Å². The second kappa shape index (κ2) is 23.1. The molecule has 0 saturated carbocycles. The highest BCUT2D eigenvalue weighted by Crippen LogP contribution is 2.19. The fraction of sp³-hybridized carbons (Fsp3) is 1.00. The molecule has 194 valence electrons. The summed E-state index contributed by atoms with van der Waals surface area (Å²) in [5.74, 6) is 0.840. The standard InChI is InChI=1S/C25H56N2O3SSi/c1-6-11-16-26(17-12-7-2)20-22-29-32(28-10-5,25-15-24-31)30-23-21-27(18-13-8-3)19-14-9-4/h31H,6-25H2,1-5H3. The monoisotopic (exact) mass is 492 g/mol. The number of thiol groups is 1. The van der Waals surface area contributed by atoms with Crippen LogP contribution >= 0.6 is 12.6 Å². The number of unbranched alkanes of at least 4 members (excludes halogenated alkanes) is 4. The molecule has 0 spiro atoms. The molecule has 0 atom stereocenters. The molecule has 0 N–H and O–H groups in total. The average Bonchev–Trinajstić information content (AvgIpc) is 2.80. The molecule has 7 heteroatoms. The predicted molar refractivity (Wildman–Crippen MR) is 145 cm³/mol. The number of hydrogen-bond acceptors (Lipinski definition) is 6. The van der Waals surface area contributed by atoms with Crippen molar-refractivity contribution in [2.75, 3.05) is 64.8 Å². The van der Waals surface area contributed by atoms with E-state index in [0.29, 0.717) is 19.8 Å². The summed E-state index contributed by atoms with van der Waals surface area (Å²) in [6, 6.07) is 0.859. The van der Waals surface area contributed by atoms with Gasteiger partial charge in [0.2, 0.25) is 0 Å². The Morgan fingerprint density at radius 3 is 1.28 bits per heavy atom. The van der Waals surface area contributed by atoms with E-state index in [4.69, 9.17) is 13.3 Å². The molecule has 0 bridgehead atoms. The minimum absolute atomic E-state index is 0.642. The van der Waals surface area contributed by atoms with Crippen molar-refractivity contribution in [2.45, 2.75) is 98.5 Å². The molecule has 5 nitrogen and oxygen atoms in total. The van der Waals surface area contributed by atoms with Crippen LogP contribution in [0, 0.1) is 0 Å². The van der Waals surface area contributed by atoms with Gasteiger partial charge in [0.05, 0.1) is 13.2 Å². The second-order valence-corrected chi connectivity index (χ2v) is 11.9. The van der Waals surface area contributed by atoms with Crippen molar-refractivity contribution in [3.63, 3.8) is 0 Å². The van der Waals surface area contributed by atoms with Crippen LogP contribution in [-0.2, 0) is 13.3 Å². The molecule has 0 amide bonds. The summed E-state index contributed by atoms with van der Waals surface area (Å²) in [5.41, 5.74) is 0. The third-order valence-corrected chi connectivity index (χ3v) is 9.07. The van der Waals surface area contributed by atoms with Gasteiger partial charge < -0.3 is 23.1 Å². The van der Waals surface area contributed by atoms with Gasteiger partial charge in [-0.3, -0.25) is 0 Å². The zero-order valence-corrected chi connectivity index (χ0v) is 24.1. The van der Waals surface area contributed by atoms with Crippen LogP contribution in [0.1, 0.15) is 92.4 Å². The molecule has 0 unspecified atom stereocenters. The molecule has 0 saturated heterocycles. The Bertz CT molecular complexity index is 352. The summed E-state index contributed by atoms with van der Waals surface area (Å²) in [7, 11) is -2.68. The molecule has 0 rings (SSSR count). The zero-order chi connectivity index (χ0) is 23.9.